The average molecular weight is 538 g/mol. The number of anilines is 1. The summed E-state index contributed by atoms with van der Waals surface area (Å²) < 4.78 is 82.4. The van der Waals surface area contributed by atoms with Gasteiger partial charge in [-0.25, -0.2) is 9.97 Å². The summed E-state index contributed by atoms with van der Waals surface area (Å²) in [5.74, 6) is -2.67. The summed E-state index contributed by atoms with van der Waals surface area (Å²) in [5, 5.41) is 11.7. The Balaban J connectivity index is 1.63. The van der Waals surface area contributed by atoms with Crippen LogP contribution in [0, 0.1) is 0 Å². The standard InChI is InChI=1S/C24H16F6N4O4/c25-23(26,27)20-17(35)9-8-16(32-20)21(36)33-15-6-3-5-14-19(15)22(37)34(12-31-14)11-10-13-4-1-2-7-18(13)38-24(28,29)30/h1-9,12,35H,10-11H2,(H,33,36). The van der Waals surface area contributed by atoms with Gasteiger partial charge in [-0.1, -0.05) is 24.3 Å². The lowest BCUT2D eigenvalue weighted by atomic mass is 10.1. The SMILES string of the molecule is O=C(Nc1cccc2ncn(CCc3ccccc3OC(F)(F)F)c(=O)c12)c1ccc(O)c(C(F)(F)F)n1. The van der Waals surface area contributed by atoms with E-state index in [1.54, 1.807) is 0 Å². The zero-order valence-electron chi connectivity index (χ0n) is 19.0. The molecule has 0 unspecified atom stereocenters. The number of halogens is 6. The molecule has 0 saturated heterocycles. The van der Waals surface area contributed by atoms with Gasteiger partial charge in [-0.15, -0.1) is 13.2 Å². The van der Waals surface area contributed by atoms with Gasteiger partial charge >= 0.3 is 12.5 Å². The van der Waals surface area contributed by atoms with E-state index in [1.165, 1.54) is 42.7 Å². The van der Waals surface area contributed by atoms with E-state index in [2.05, 4.69) is 20.0 Å². The van der Waals surface area contributed by atoms with Crippen molar-refractivity contribution in [2.24, 2.45) is 0 Å². The third-order valence-electron chi connectivity index (χ3n) is 5.30. The Hall–Kier alpha value is -4.62. The summed E-state index contributed by atoms with van der Waals surface area (Å²) in [7, 11) is 0. The average Bonchev–Trinajstić information content (AvgIpc) is 2.83. The highest BCUT2D eigenvalue weighted by Gasteiger charge is 2.36. The van der Waals surface area contributed by atoms with Crippen LogP contribution in [0.4, 0.5) is 32.0 Å². The van der Waals surface area contributed by atoms with Gasteiger partial charge < -0.3 is 15.2 Å². The molecular weight excluding hydrogens is 522 g/mol. The zero-order chi connectivity index (χ0) is 27.7. The van der Waals surface area contributed by atoms with Crippen molar-refractivity contribution < 1.29 is 41.0 Å². The molecular formula is C24H16F6N4O4. The maximum absolute atomic E-state index is 13.2. The largest absolute Gasteiger partial charge is 0.573 e. The minimum Gasteiger partial charge on any atom is -0.506 e. The van der Waals surface area contributed by atoms with Crippen molar-refractivity contribution >= 4 is 22.5 Å². The molecule has 0 radical (unpaired) electrons. The van der Waals surface area contributed by atoms with Crippen LogP contribution in [0.25, 0.3) is 10.9 Å². The molecule has 0 saturated carbocycles. The quantitative estimate of drug-likeness (QED) is 0.338. The number of alkyl halides is 6. The Labute approximate surface area is 209 Å². The van der Waals surface area contributed by atoms with Crippen molar-refractivity contribution in [1.82, 2.24) is 14.5 Å². The fraction of sp³-hybridized carbons (Fsp3) is 0.167. The van der Waals surface area contributed by atoms with Crippen molar-refractivity contribution in [3.05, 3.63) is 88.2 Å². The number of amides is 1. The second-order valence-corrected chi connectivity index (χ2v) is 7.86. The molecule has 4 rings (SSSR count). The van der Waals surface area contributed by atoms with E-state index in [1.807, 2.05) is 0 Å². The number of nitrogens with one attached hydrogen (secondary N) is 1. The van der Waals surface area contributed by atoms with Gasteiger partial charge in [0.2, 0.25) is 0 Å². The van der Waals surface area contributed by atoms with Gasteiger partial charge in [-0.3, -0.25) is 14.2 Å². The number of ether oxygens (including phenoxy) is 1. The van der Waals surface area contributed by atoms with Crippen LogP contribution in [0.15, 0.2) is 65.7 Å². The van der Waals surface area contributed by atoms with Crippen LogP contribution in [0.2, 0.25) is 0 Å². The lowest BCUT2D eigenvalue weighted by molar-refractivity contribution is -0.274. The third kappa shape index (κ3) is 5.85. The number of para-hydroxylation sites is 1. The van der Waals surface area contributed by atoms with Crippen LogP contribution in [0.3, 0.4) is 0 Å². The monoisotopic (exact) mass is 538 g/mol. The van der Waals surface area contributed by atoms with E-state index < -0.39 is 46.9 Å². The lowest BCUT2D eigenvalue weighted by Gasteiger charge is -2.14. The minimum atomic E-state index is -5.01. The van der Waals surface area contributed by atoms with E-state index in [0.29, 0.717) is 6.07 Å². The van der Waals surface area contributed by atoms with Crippen LogP contribution in [0.1, 0.15) is 21.7 Å². The van der Waals surface area contributed by atoms with E-state index in [4.69, 9.17) is 0 Å². The smallest absolute Gasteiger partial charge is 0.506 e. The van der Waals surface area contributed by atoms with Gasteiger partial charge in [-0.05, 0) is 42.3 Å². The first-order chi connectivity index (χ1) is 17.8. The second kappa shape index (κ2) is 10.0. The molecule has 0 atom stereocenters. The molecule has 2 aromatic heterocycles. The molecule has 4 aromatic rings. The van der Waals surface area contributed by atoms with Crippen molar-refractivity contribution in [2.45, 2.75) is 25.5 Å². The number of pyridine rings is 1. The first-order valence-corrected chi connectivity index (χ1v) is 10.7. The number of benzene rings is 2. The number of nitrogens with zero attached hydrogens (tertiary/aromatic N) is 3. The molecule has 2 aromatic carbocycles. The number of aromatic nitrogens is 3. The van der Waals surface area contributed by atoms with Crippen molar-refractivity contribution in [3.8, 4) is 11.5 Å². The Kier molecular flexibility index (Phi) is 6.98. The number of fused-ring (bicyclic) bond motifs is 1. The maximum atomic E-state index is 13.2. The number of rotatable bonds is 6. The summed E-state index contributed by atoms with van der Waals surface area (Å²) in [5.41, 5.74) is -2.73. The van der Waals surface area contributed by atoms with Gasteiger partial charge in [-0.2, -0.15) is 13.2 Å². The second-order valence-electron chi connectivity index (χ2n) is 7.86. The molecule has 0 bridgehead atoms. The van der Waals surface area contributed by atoms with E-state index in [9.17, 15) is 41.0 Å². The number of hydrogen-bond donors (Lipinski definition) is 2. The van der Waals surface area contributed by atoms with Crippen molar-refractivity contribution in [1.29, 1.82) is 0 Å². The van der Waals surface area contributed by atoms with Crippen LogP contribution in [0.5, 0.6) is 11.5 Å². The molecule has 1 amide bonds. The normalized spacial score (nSPS) is 11.9. The number of carbonyl (C=O) groups excluding carboxylic acids is 1. The predicted octanol–water partition coefficient (Wildman–Crippen LogP) is 4.91. The zero-order valence-corrected chi connectivity index (χ0v) is 19.0. The van der Waals surface area contributed by atoms with Crippen LogP contribution in [-0.2, 0) is 19.1 Å². The Morgan fingerprint density at radius 2 is 1.74 bits per heavy atom. The lowest BCUT2D eigenvalue weighted by Crippen LogP contribution is -2.24. The third-order valence-corrected chi connectivity index (χ3v) is 5.30. The molecule has 0 aliphatic heterocycles. The summed E-state index contributed by atoms with van der Waals surface area (Å²) in [6, 6.07) is 11.2. The fourth-order valence-corrected chi connectivity index (χ4v) is 3.61. The molecule has 0 aliphatic rings. The number of aryl methyl sites for hydroxylation is 2. The van der Waals surface area contributed by atoms with Crippen LogP contribution in [-0.4, -0.2) is 31.9 Å². The molecule has 8 nitrogen and oxygen atoms in total. The summed E-state index contributed by atoms with van der Waals surface area (Å²) in [6.07, 6.45) is -8.77. The van der Waals surface area contributed by atoms with Gasteiger partial charge in [0, 0.05) is 6.54 Å². The molecule has 198 valence electrons. The van der Waals surface area contributed by atoms with Gasteiger partial charge in [0.1, 0.15) is 17.2 Å². The highest BCUT2D eigenvalue weighted by Crippen LogP contribution is 2.34. The molecule has 14 heteroatoms. The molecule has 38 heavy (non-hydrogen) atoms. The Bertz CT molecular complexity index is 1570. The Morgan fingerprint density at radius 3 is 2.45 bits per heavy atom. The number of aromatic hydroxyl groups is 1. The highest BCUT2D eigenvalue weighted by molar-refractivity contribution is 6.07. The summed E-state index contributed by atoms with van der Waals surface area (Å²) in [4.78, 5) is 33.2. The van der Waals surface area contributed by atoms with E-state index in [-0.39, 0.29) is 35.1 Å². The van der Waals surface area contributed by atoms with Crippen LogP contribution >= 0.6 is 0 Å². The predicted molar refractivity (Wildman–Crippen MR) is 122 cm³/mol. The van der Waals surface area contributed by atoms with Gasteiger partial charge in [0.05, 0.1) is 22.9 Å². The van der Waals surface area contributed by atoms with Crippen molar-refractivity contribution in [3.63, 3.8) is 0 Å². The molecule has 2 N–H and O–H groups in total. The first-order valence-electron chi connectivity index (χ1n) is 10.7. The topological polar surface area (TPSA) is 106 Å². The minimum absolute atomic E-state index is 0.0362. The molecule has 0 fully saturated rings. The summed E-state index contributed by atoms with van der Waals surface area (Å²) >= 11 is 0. The fourth-order valence-electron chi connectivity index (χ4n) is 3.61. The first kappa shape index (κ1) is 26.4. The summed E-state index contributed by atoms with van der Waals surface area (Å²) in [6.45, 7) is -0.100. The van der Waals surface area contributed by atoms with Gasteiger partial charge in [0.15, 0.2) is 5.69 Å². The maximum Gasteiger partial charge on any atom is 0.573 e. The van der Waals surface area contributed by atoms with Gasteiger partial charge in [0.25, 0.3) is 11.5 Å². The molecule has 2 heterocycles. The Morgan fingerprint density at radius 1 is 1.00 bits per heavy atom. The highest BCUT2D eigenvalue weighted by atomic mass is 19.4. The molecule has 0 aliphatic carbocycles. The van der Waals surface area contributed by atoms with Crippen molar-refractivity contribution in [2.75, 3.05) is 5.32 Å². The molecule has 0 spiro atoms. The number of hydrogen-bond acceptors (Lipinski definition) is 6. The number of carbonyl (C=O) groups is 1. The van der Waals surface area contributed by atoms with E-state index in [0.717, 1.165) is 16.7 Å². The van der Waals surface area contributed by atoms with E-state index >= 15 is 0 Å². The van der Waals surface area contributed by atoms with Crippen LogP contribution < -0.4 is 15.6 Å².